The van der Waals surface area contributed by atoms with Crippen LogP contribution in [0.3, 0.4) is 0 Å². The van der Waals surface area contributed by atoms with E-state index >= 15 is 0 Å². The molecule has 2 amide bonds. The highest BCUT2D eigenvalue weighted by Crippen LogP contribution is 2.39. The molecule has 0 saturated carbocycles. The number of benzene rings is 5. The van der Waals surface area contributed by atoms with E-state index in [0.717, 1.165) is 64.6 Å². The summed E-state index contributed by atoms with van der Waals surface area (Å²) in [5, 5.41) is 26.7. The lowest BCUT2D eigenvalue weighted by Crippen LogP contribution is -2.43. The van der Waals surface area contributed by atoms with Gasteiger partial charge in [-0.15, -0.1) is 0 Å². The summed E-state index contributed by atoms with van der Waals surface area (Å²) in [6.45, 7) is 3.01. The van der Waals surface area contributed by atoms with Crippen molar-refractivity contribution >= 4 is 23.2 Å². The van der Waals surface area contributed by atoms with Crippen molar-refractivity contribution < 1.29 is 29.3 Å². The summed E-state index contributed by atoms with van der Waals surface area (Å²) in [6, 6.07) is 40.9. The standard InChI is InChI=1S/C49H58N4O6/c1-34(48(57)38-14-6-5-7-15-38)53(2)32-41-30-45(37-24-22-35(33-54)23-25-37)59-49(58-41)39-28-26-36(27-29-39)42-17-11-10-16-40(42)31-51-46(55)20-8-3-4-9-21-47(56)52-44-19-13-12-18-43(44)50/h5-7,10-19,22-29,34,41,45,48-49,54,57H,3-4,8-9,20-21,30-33,50H2,1-2H3,(H,51,55)(H,52,56)/t34-,41-,45+,48-,49+/m0/s1. The second kappa shape index (κ2) is 21.6. The Bertz CT molecular complexity index is 2080. The van der Waals surface area contributed by atoms with Crippen LogP contribution in [0.5, 0.6) is 0 Å². The maximum atomic E-state index is 12.8. The summed E-state index contributed by atoms with van der Waals surface area (Å²) in [5.41, 5.74) is 13.8. The van der Waals surface area contributed by atoms with Gasteiger partial charge in [0.2, 0.25) is 11.8 Å². The number of rotatable bonds is 19. The number of hydrogen-bond donors (Lipinski definition) is 5. The van der Waals surface area contributed by atoms with E-state index in [0.29, 0.717) is 43.7 Å². The van der Waals surface area contributed by atoms with Gasteiger partial charge in [-0.2, -0.15) is 0 Å². The molecule has 1 heterocycles. The lowest BCUT2D eigenvalue weighted by atomic mass is 9.97. The predicted molar refractivity (Wildman–Crippen MR) is 233 cm³/mol. The molecule has 6 N–H and O–H groups in total. The highest BCUT2D eigenvalue weighted by atomic mass is 16.7. The van der Waals surface area contributed by atoms with Gasteiger partial charge in [-0.1, -0.05) is 128 Å². The molecule has 0 aromatic heterocycles. The molecule has 0 spiro atoms. The molecule has 310 valence electrons. The fourth-order valence-corrected chi connectivity index (χ4v) is 7.50. The number of ether oxygens (including phenoxy) is 2. The molecule has 59 heavy (non-hydrogen) atoms. The number of aliphatic hydroxyl groups is 2. The van der Waals surface area contributed by atoms with Crippen molar-refractivity contribution in [3.8, 4) is 11.1 Å². The van der Waals surface area contributed by atoms with Crippen molar-refractivity contribution in [1.82, 2.24) is 10.2 Å². The molecule has 10 heteroatoms. The third kappa shape index (κ3) is 12.3. The van der Waals surface area contributed by atoms with E-state index in [1.54, 1.807) is 12.1 Å². The van der Waals surface area contributed by atoms with Crippen LogP contribution in [0.25, 0.3) is 11.1 Å². The molecule has 0 aliphatic carbocycles. The van der Waals surface area contributed by atoms with Gasteiger partial charge in [0, 0.05) is 44.0 Å². The fraction of sp³-hybridized carbons (Fsp3) is 0.347. The second-order valence-electron chi connectivity index (χ2n) is 15.5. The number of nitrogens with two attached hydrogens (primary N) is 1. The van der Waals surface area contributed by atoms with Crippen LogP contribution >= 0.6 is 0 Å². The molecule has 1 fully saturated rings. The van der Waals surface area contributed by atoms with Crippen LogP contribution in [0, 0.1) is 0 Å². The number of carbonyl (C=O) groups excluding carboxylic acids is 2. The number of anilines is 2. The van der Waals surface area contributed by atoms with E-state index < -0.39 is 12.4 Å². The van der Waals surface area contributed by atoms with Crippen LogP contribution in [0.15, 0.2) is 127 Å². The highest BCUT2D eigenvalue weighted by molar-refractivity contribution is 5.93. The fourth-order valence-electron chi connectivity index (χ4n) is 7.50. The first kappa shape index (κ1) is 43.2. The normalized spacial score (nSPS) is 17.6. The largest absolute Gasteiger partial charge is 0.397 e. The number of nitrogen functional groups attached to an aromatic ring is 1. The van der Waals surface area contributed by atoms with E-state index in [9.17, 15) is 19.8 Å². The van der Waals surface area contributed by atoms with Crippen LogP contribution < -0.4 is 16.4 Å². The molecule has 0 bridgehead atoms. The van der Waals surface area contributed by atoms with Gasteiger partial charge in [0.25, 0.3) is 0 Å². The molecular weight excluding hydrogens is 741 g/mol. The average Bonchev–Trinajstić information content (AvgIpc) is 3.27. The van der Waals surface area contributed by atoms with Crippen molar-refractivity contribution in [3.05, 3.63) is 155 Å². The average molecular weight is 799 g/mol. The first-order valence-corrected chi connectivity index (χ1v) is 20.7. The van der Waals surface area contributed by atoms with Crippen LogP contribution in [0.1, 0.15) is 98.2 Å². The van der Waals surface area contributed by atoms with Crippen LogP contribution in [0.4, 0.5) is 11.4 Å². The van der Waals surface area contributed by atoms with E-state index in [2.05, 4.69) is 33.7 Å². The van der Waals surface area contributed by atoms with Gasteiger partial charge in [0.05, 0.1) is 36.3 Å². The lowest BCUT2D eigenvalue weighted by molar-refractivity contribution is -0.253. The van der Waals surface area contributed by atoms with Crippen LogP contribution in [0.2, 0.25) is 0 Å². The number of likely N-dealkylation sites (N-methyl/N-ethyl adjacent to an activating group) is 1. The monoisotopic (exact) mass is 798 g/mol. The van der Waals surface area contributed by atoms with E-state index in [1.165, 1.54) is 0 Å². The third-order valence-corrected chi connectivity index (χ3v) is 11.2. The summed E-state index contributed by atoms with van der Waals surface area (Å²) in [5.74, 6) is -0.0529. The van der Waals surface area contributed by atoms with Gasteiger partial charge in [-0.05, 0) is 72.3 Å². The van der Waals surface area contributed by atoms with Crippen molar-refractivity contribution in [1.29, 1.82) is 0 Å². The zero-order valence-corrected chi connectivity index (χ0v) is 34.1. The smallest absolute Gasteiger partial charge is 0.224 e. The zero-order valence-electron chi connectivity index (χ0n) is 34.1. The van der Waals surface area contributed by atoms with Crippen molar-refractivity contribution in [3.63, 3.8) is 0 Å². The maximum absolute atomic E-state index is 12.8. The summed E-state index contributed by atoms with van der Waals surface area (Å²) >= 11 is 0. The molecule has 5 aromatic carbocycles. The van der Waals surface area contributed by atoms with Crippen molar-refractivity contribution in [2.75, 3.05) is 24.6 Å². The van der Waals surface area contributed by atoms with Crippen LogP contribution in [-0.2, 0) is 32.2 Å². The number of nitrogens with one attached hydrogen (secondary N) is 2. The molecule has 10 nitrogen and oxygen atoms in total. The summed E-state index contributed by atoms with van der Waals surface area (Å²) < 4.78 is 13.3. The minimum atomic E-state index is -0.646. The Hall–Kier alpha value is -5.36. The molecule has 6 rings (SSSR count). The van der Waals surface area contributed by atoms with Gasteiger partial charge < -0.3 is 36.1 Å². The Balaban J connectivity index is 1.03. The summed E-state index contributed by atoms with van der Waals surface area (Å²) in [6.07, 6.45) is 3.06. The van der Waals surface area contributed by atoms with E-state index in [1.807, 2.05) is 111 Å². The van der Waals surface area contributed by atoms with Crippen LogP contribution in [-0.4, -0.2) is 52.7 Å². The molecule has 5 aromatic rings. The third-order valence-electron chi connectivity index (χ3n) is 11.2. The molecule has 1 aliphatic heterocycles. The minimum absolute atomic E-state index is 0.00349. The Labute approximate surface area is 348 Å². The summed E-state index contributed by atoms with van der Waals surface area (Å²) in [7, 11) is 2.01. The number of unbranched alkanes of at least 4 members (excludes halogenated alkanes) is 3. The van der Waals surface area contributed by atoms with E-state index in [4.69, 9.17) is 15.2 Å². The first-order chi connectivity index (χ1) is 28.7. The lowest BCUT2D eigenvalue weighted by Gasteiger charge is -2.39. The highest BCUT2D eigenvalue weighted by Gasteiger charge is 2.34. The summed E-state index contributed by atoms with van der Waals surface area (Å²) in [4.78, 5) is 27.2. The second-order valence-corrected chi connectivity index (χ2v) is 15.5. The van der Waals surface area contributed by atoms with E-state index in [-0.39, 0.29) is 36.7 Å². The molecular formula is C49H58N4O6. The minimum Gasteiger partial charge on any atom is -0.397 e. The Morgan fingerprint density at radius 2 is 1.42 bits per heavy atom. The van der Waals surface area contributed by atoms with Crippen molar-refractivity contribution in [2.24, 2.45) is 0 Å². The molecule has 1 saturated heterocycles. The molecule has 0 unspecified atom stereocenters. The number of nitrogens with zero attached hydrogens (tertiary/aromatic N) is 1. The molecule has 0 radical (unpaired) electrons. The first-order valence-electron chi connectivity index (χ1n) is 20.7. The number of para-hydroxylation sites is 2. The number of carbonyl (C=O) groups is 2. The van der Waals surface area contributed by atoms with Crippen molar-refractivity contribution in [2.45, 2.75) is 95.7 Å². The number of amides is 2. The Kier molecular flexibility index (Phi) is 15.8. The van der Waals surface area contributed by atoms with Gasteiger partial charge >= 0.3 is 0 Å². The maximum Gasteiger partial charge on any atom is 0.224 e. The number of hydrogen-bond acceptors (Lipinski definition) is 8. The predicted octanol–water partition coefficient (Wildman–Crippen LogP) is 8.62. The number of aliphatic hydroxyl groups excluding tert-OH is 2. The quantitative estimate of drug-likeness (QED) is 0.0413. The Morgan fingerprint density at radius 1 is 0.780 bits per heavy atom. The SMILES string of the molecule is C[C@@H]([C@H](O)c1ccccc1)N(C)C[C@@H]1C[C@H](c2ccc(CO)cc2)O[C@H](c2ccc(-c3ccccc3CNC(=O)CCCCCCC(=O)Nc3ccccc3N)cc2)O1. The molecule has 1 aliphatic rings. The Morgan fingerprint density at radius 3 is 2.14 bits per heavy atom. The topological polar surface area (TPSA) is 146 Å². The van der Waals surface area contributed by atoms with Gasteiger partial charge in [0.15, 0.2) is 6.29 Å². The molecule has 5 atom stereocenters. The van der Waals surface area contributed by atoms with Gasteiger partial charge in [0.1, 0.15) is 0 Å². The zero-order chi connectivity index (χ0) is 41.6. The van der Waals surface area contributed by atoms with Gasteiger partial charge in [-0.3, -0.25) is 14.5 Å². The van der Waals surface area contributed by atoms with Gasteiger partial charge in [-0.25, -0.2) is 0 Å².